The van der Waals surface area contributed by atoms with E-state index in [0.717, 1.165) is 77.5 Å². The monoisotopic (exact) mass is 496 g/mol. The van der Waals surface area contributed by atoms with E-state index in [0.29, 0.717) is 24.7 Å². The van der Waals surface area contributed by atoms with E-state index in [1.165, 1.54) is 11.1 Å². The second-order valence-corrected chi connectivity index (χ2v) is 11.7. The van der Waals surface area contributed by atoms with Gasteiger partial charge in [0.1, 0.15) is 12.0 Å². The lowest BCUT2D eigenvalue weighted by Crippen LogP contribution is -2.57. The zero-order valence-electron chi connectivity index (χ0n) is 21.7. The standard InChI is InChI=1S/C28H40N4O4/c1-3-35-27(34)32-21-8-9-22(32)15-23(14-21)30-12-10-28(11-13-30)18-31(17-20-6-4-5-7-25(20)28)26(33)24-16-29-36-19(24)2/h5,7,16,19,21-24H,3-4,6,8-15,17-18H2,1-2H3. The molecule has 36 heavy (non-hydrogen) atoms. The van der Waals surface area contributed by atoms with Gasteiger partial charge < -0.3 is 24.3 Å². The van der Waals surface area contributed by atoms with Crippen LogP contribution in [0.1, 0.15) is 65.2 Å². The smallest absolute Gasteiger partial charge is 0.410 e. The normalized spacial score (nSPS) is 35.2. The van der Waals surface area contributed by atoms with E-state index in [1.54, 1.807) is 6.21 Å². The van der Waals surface area contributed by atoms with Crippen LogP contribution < -0.4 is 0 Å². The van der Waals surface area contributed by atoms with Gasteiger partial charge in [-0.3, -0.25) is 4.79 Å². The van der Waals surface area contributed by atoms with Crippen LogP contribution in [0.5, 0.6) is 0 Å². The third kappa shape index (κ3) is 4.05. The molecule has 3 fully saturated rings. The molecule has 1 aliphatic carbocycles. The average molecular weight is 497 g/mol. The molecule has 1 spiro atoms. The second-order valence-electron chi connectivity index (χ2n) is 11.7. The number of hydrogen-bond acceptors (Lipinski definition) is 6. The average Bonchev–Trinajstić information content (AvgIpc) is 3.43. The summed E-state index contributed by atoms with van der Waals surface area (Å²) in [4.78, 5) is 38.2. The van der Waals surface area contributed by atoms with Crippen LogP contribution in [0.3, 0.4) is 0 Å². The second kappa shape index (κ2) is 9.51. The van der Waals surface area contributed by atoms with Crippen molar-refractivity contribution in [3.05, 3.63) is 23.3 Å². The summed E-state index contributed by atoms with van der Waals surface area (Å²) < 4.78 is 5.35. The molecule has 5 heterocycles. The molecule has 4 unspecified atom stereocenters. The van der Waals surface area contributed by atoms with Gasteiger partial charge in [0, 0.05) is 36.6 Å². The number of allylic oxidation sites excluding steroid dienone is 2. The summed E-state index contributed by atoms with van der Waals surface area (Å²) in [6, 6.07) is 1.17. The number of carbonyl (C=O) groups excluding carboxylic acids is 2. The van der Waals surface area contributed by atoms with Crippen LogP contribution in [0, 0.1) is 11.3 Å². The molecule has 6 rings (SSSR count). The molecule has 0 aromatic rings. The third-order valence-corrected chi connectivity index (χ3v) is 9.73. The highest BCUT2D eigenvalue weighted by molar-refractivity contribution is 5.95. The van der Waals surface area contributed by atoms with Crippen molar-refractivity contribution in [3.63, 3.8) is 0 Å². The molecule has 0 aromatic heterocycles. The van der Waals surface area contributed by atoms with Gasteiger partial charge in [0.15, 0.2) is 0 Å². The van der Waals surface area contributed by atoms with Crippen LogP contribution in [-0.2, 0) is 14.4 Å². The molecule has 4 atom stereocenters. The maximum atomic E-state index is 13.5. The van der Waals surface area contributed by atoms with E-state index in [-0.39, 0.29) is 29.4 Å². The number of hydrogen-bond donors (Lipinski definition) is 0. The maximum absolute atomic E-state index is 13.5. The predicted octanol–water partition coefficient (Wildman–Crippen LogP) is 3.73. The van der Waals surface area contributed by atoms with Crippen molar-refractivity contribution in [2.75, 3.05) is 32.8 Å². The fraction of sp³-hybridized carbons (Fsp3) is 0.750. The van der Waals surface area contributed by atoms with Crippen molar-refractivity contribution in [1.82, 2.24) is 14.7 Å². The summed E-state index contributed by atoms with van der Waals surface area (Å²) >= 11 is 0. The van der Waals surface area contributed by atoms with E-state index >= 15 is 0 Å². The highest BCUT2D eigenvalue weighted by Crippen LogP contribution is 2.48. The summed E-state index contributed by atoms with van der Waals surface area (Å²) in [6.45, 7) is 7.92. The molecule has 5 aliphatic heterocycles. The largest absolute Gasteiger partial charge is 0.450 e. The number of likely N-dealkylation sites (tertiary alicyclic amines) is 1. The molecular formula is C28H40N4O4. The molecule has 0 N–H and O–H groups in total. The zero-order chi connectivity index (χ0) is 24.9. The van der Waals surface area contributed by atoms with Crippen molar-refractivity contribution in [1.29, 1.82) is 0 Å². The van der Waals surface area contributed by atoms with Crippen LogP contribution in [-0.4, -0.2) is 89.9 Å². The van der Waals surface area contributed by atoms with Crippen molar-refractivity contribution in [2.24, 2.45) is 16.5 Å². The number of rotatable bonds is 3. The Kier molecular flexibility index (Phi) is 6.34. The molecule has 8 nitrogen and oxygen atoms in total. The first kappa shape index (κ1) is 24.0. The SMILES string of the molecule is CCOC(=O)N1C2CCC1CC(N1CCC3(CC1)CN(C(=O)C1C=NOC1C)CC1=C3C=CCC1)C2. The zero-order valence-corrected chi connectivity index (χ0v) is 21.7. The summed E-state index contributed by atoms with van der Waals surface area (Å²) in [5.41, 5.74) is 3.01. The lowest BCUT2D eigenvalue weighted by Gasteiger charge is -2.52. The Bertz CT molecular complexity index is 968. The van der Waals surface area contributed by atoms with Gasteiger partial charge in [-0.1, -0.05) is 17.3 Å². The number of oxime groups is 1. The van der Waals surface area contributed by atoms with E-state index in [2.05, 4.69) is 27.1 Å². The summed E-state index contributed by atoms with van der Waals surface area (Å²) in [7, 11) is 0. The van der Waals surface area contributed by atoms with Crippen LogP contribution in [0.2, 0.25) is 0 Å². The molecule has 196 valence electrons. The molecule has 8 heteroatoms. The van der Waals surface area contributed by atoms with Crippen molar-refractivity contribution >= 4 is 18.2 Å². The van der Waals surface area contributed by atoms with E-state index in [1.807, 2.05) is 18.7 Å². The summed E-state index contributed by atoms with van der Waals surface area (Å²) in [5.74, 6) is -0.113. The lowest BCUT2D eigenvalue weighted by atomic mass is 9.66. The van der Waals surface area contributed by atoms with Crippen LogP contribution in [0.4, 0.5) is 4.79 Å². The number of fused-ring (bicyclic) bond motifs is 3. The van der Waals surface area contributed by atoms with Gasteiger partial charge in [0.25, 0.3) is 0 Å². The van der Waals surface area contributed by atoms with Crippen LogP contribution in [0.25, 0.3) is 0 Å². The fourth-order valence-corrected chi connectivity index (χ4v) is 7.87. The van der Waals surface area contributed by atoms with Gasteiger partial charge in [-0.25, -0.2) is 4.79 Å². The first-order valence-electron chi connectivity index (χ1n) is 14.1. The van der Waals surface area contributed by atoms with E-state index < -0.39 is 0 Å². The highest BCUT2D eigenvalue weighted by atomic mass is 16.6. The minimum Gasteiger partial charge on any atom is -0.450 e. The topological polar surface area (TPSA) is 74.7 Å². The van der Waals surface area contributed by atoms with E-state index in [9.17, 15) is 9.59 Å². The van der Waals surface area contributed by atoms with Crippen molar-refractivity contribution < 1.29 is 19.2 Å². The molecule has 0 saturated carbocycles. The van der Waals surface area contributed by atoms with Crippen molar-refractivity contribution in [2.45, 2.75) is 89.4 Å². The van der Waals surface area contributed by atoms with Gasteiger partial charge in [-0.2, -0.15) is 0 Å². The minimum atomic E-state index is -0.275. The van der Waals surface area contributed by atoms with Gasteiger partial charge in [-0.15, -0.1) is 0 Å². The summed E-state index contributed by atoms with van der Waals surface area (Å²) in [5, 5.41) is 3.92. The molecule has 0 radical (unpaired) electrons. The lowest BCUT2D eigenvalue weighted by molar-refractivity contribution is -0.137. The Balaban J connectivity index is 1.15. The number of piperidine rings is 2. The minimum absolute atomic E-state index is 0.0428. The Morgan fingerprint density at radius 2 is 1.92 bits per heavy atom. The Labute approximate surface area is 214 Å². The number of nitrogens with zero attached hydrogens (tertiary/aromatic N) is 4. The number of amides is 2. The molecule has 6 aliphatic rings. The third-order valence-electron chi connectivity index (χ3n) is 9.73. The van der Waals surface area contributed by atoms with Crippen molar-refractivity contribution in [3.8, 4) is 0 Å². The van der Waals surface area contributed by atoms with Crippen LogP contribution in [0.15, 0.2) is 28.5 Å². The Hall–Kier alpha value is -2.35. The van der Waals surface area contributed by atoms with Crippen LogP contribution >= 0.6 is 0 Å². The van der Waals surface area contributed by atoms with Gasteiger partial charge in [-0.05, 0) is 89.4 Å². The molecule has 3 saturated heterocycles. The molecule has 0 aromatic carbocycles. The molecular weight excluding hydrogens is 456 g/mol. The maximum Gasteiger partial charge on any atom is 0.410 e. The number of ether oxygens (including phenoxy) is 1. The first-order chi connectivity index (χ1) is 17.5. The molecule has 2 amide bonds. The molecule has 2 bridgehead atoms. The Morgan fingerprint density at radius 3 is 2.58 bits per heavy atom. The predicted molar refractivity (Wildman–Crippen MR) is 136 cm³/mol. The van der Waals surface area contributed by atoms with Gasteiger partial charge in [0.05, 0.1) is 12.8 Å². The van der Waals surface area contributed by atoms with Gasteiger partial charge in [0.2, 0.25) is 5.91 Å². The fourth-order valence-electron chi connectivity index (χ4n) is 7.87. The Morgan fingerprint density at radius 1 is 1.17 bits per heavy atom. The number of carbonyl (C=O) groups is 2. The quantitative estimate of drug-likeness (QED) is 0.595. The summed E-state index contributed by atoms with van der Waals surface area (Å²) in [6.07, 6.45) is 14.7. The highest BCUT2D eigenvalue weighted by Gasteiger charge is 2.49. The first-order valence-corrected chi connectivity index (χ1v) is 14.1. The van der Waals surface area contributed by atoms with E-state index in [4.69, 9.17) is 9.57 Å². The van der Waals surface area contributed by atoms with Gasteiger partial charge >= 0.3 is 6.09 Å².